The Kier molecular flexibility index (Phi) is 3.81. The molecule has 0 aliphatic carbocycles. The zero-order valence-corrected chi connectivity index (χ0v) is 10.9. The van der Waals surface area contributed by atoms with Gasteiger partial charge in [-0.25, -0.2) is 19.2 Å². The number of nitrogens with one attached hydrogen (secondary N) is 1. The van der Waals surface area contributed by atoms with Crippen molar-refractivity contribution < 1.29 is 13.2 Å². The summed E-state index contributed by atoms with van der Waals surface area (Å²) >= 11 is 0. The van der Waals surface area contributed by atoms with E-state index in [1.54, 1.807) is 7.05 Å². The Labute approximate surface area is 106 Å². The normalized spacial score (nSPS) is 20.3. The van der Waals surface area contributed by atoms with Crippen molar-refractivity contribution in [3.63, 3.8) is 0 Å². The van der Waals surface area contributed by atoms with Gasteiger partial charge in [0.05, 0.1) is 17.5 Å². The molecule has 0 spiro atoms. The summed E-state index contributed by atoms with van der Waals surface area (Å²) in [5, 5.41) is 0. The third-order valence-corrected chi connectivity index (χ3v) is 4.88. The molecule has 1 aliphatic rings. The smallest absolute Gasteiger partial charge is 0.243 e. The van der Waals surface area contributed by atoms with Crippen molar-refractivity contribution >= 4 is 15.8 Å². The lowest BCUT2D eigenvalue weighted by atomic mass is 10.3. The summed E-state index contributed by atoms with van der Waals surface area (Å²) in [5.41, 5.74) is 2.33. The van der Waals surface area contributed by atoms with Gasteiger partial charge in [-0.2, -0.15) is 4.31 Å². The van der Waals surface area contributed by atoms with Crippen LogP contribution in [0.1, 0.15) is 6.42 Å². The van der Waals surface area contributed by atoms with Gasteiger partial charge in [0.2, 0.25) is 10.0 Å². The number of nitrogens with two attached hydrogens (primary N) is 1. The standard InChI is InChI=1S/C10H16N4O3S/c1-14(8-3-5-17-7-8)18(15,16)9-2-4-12-10(6-9)13-11/h2,4,6,8H,3,5,7,11H2,1H3,(H,12,13). The first kappa shape index (κ1) is 13.2. The fraction of sp³-hybridized carbons (Fsp3) is 0.500. The lowest BCUT2D eigenvalue weighted by Gasteiger charge is -2.22. The van der Waals surface area contributed by atoms with E-state index in [0.29, 0.717) is 25.5 Å². The number of sulfonamides is 1. The largest absolute Gasteiger partial charge is 0.380 e. The van der Waals surface area contributed by atoms with Gasteiger partial charge < -0.3 is 10.2 Å². The molecule has 0 amide bonds. The fourth-order valence-corrected chi connectivity index (χ4v) is 3.21. The van der Waals surface area contributed by atoms with Crippen LogP contribution in [0.4, 0.5) is 5.82 Å². The van der Waals surface area contributed by atoms with Gasteiger partial charge in [0, 0.05) is 25.9 Å². The Hall–Kier alpha value is -1.22. The number of hydrazine groups is 1. The van der Waals surface area contributed by atoms with Crippen LogP contribution >= 0.6 is 0 Å². The topological polar surface area (TPSA) is 97.5 Å². The Morgan fingerprint density at radius 2 is 2.39 bits per heavy atom. The van der Waals surface area contributed by atoms with Crippen LogP contribution in [0.5, 0.6) is 0 Å². The molecule has 0 bridgehead atoms. The number of hydrogen-bond acceptors (Lipinski definition) is 6. The molecule has 1 fully saturated rings. The van der Waals surface area contributed by atoms with Crippen LogP contribution in [-0.2, 0) is 14.8 Å². The van der Waals surface area contributed by atoms with E-state index < -0.39 is 10.0 Å². The summed E-state index contributed by atoms with van der Waals surface area (Å²) in [7, 11) is -1.98. The van der Waals surface area contributed by atoms with E-state index >= 15 is 0 Å². The van der Waals surface area contributed by atoms with Crippen LogP contribution in [0.15, 0.2) is 23.2 Å². The number of hydrogen-bond donors (Lipinski definition) is 2. The highest BCUT2D eigenvalue weighted by Gasteiger charge is 2.30. The lowest BCUT2D eigenvalue weighted by molar-refractivity contribution is 0.181. The second-order valence-corrected chi connectivity index (χ2v) is 6.06. The minimum atomic E-state index is -3.54. The van der Waals surface area contributed by atoms with Crippen LogP contribution in [0.25, 0.3) is 0 Å². The Morgan fingerprint density at radius 1 is 1.61 bits per heavy atom. The SMILES string of the molecule is CN(C1CCOC1)S(=O)(=O)c1ccnc(NN)c1. The molecule has 0 aromatic carbocycles. The maximum absolute atomic E-state index is 12.4. The number of nitrogens with zero attached hydrogens (tertiary/aromatic N) is 2. The fourth-order valence-electron chi connectivity index (χ4n) is 1.82. The summed E-state index contributed by atoms with van der Waals surface area (Å²) in [6, 6.07) is 2.74. The summed E-state index contributed by atoms with van der Waals surface area (Å²) in [6.07, 6.45) is 2.11. The van der Waals surface area contributed by atoms with Crippen molar-refractivity contribution in [1.29, 1.82) is 0 Å². The number of pyridine rings is 1. The number of anilines is 1. The minimum absolute atomic E-state index is 0.113. The summed E-state index contributed by atoms with van der Waals surface area (Å²) in [5.74, 6) is 5.53. The predicted molar refractivity (Wildman–Crippen MR) is 66.2 cm³/mol. The molecule has 3 N–H and O–H groups in total. The molecule has 18 heavy (non-hydrogen) atoms. The second-order valence-electron chi connectivity index (χ2n) is 4.06. The van der Waals surface area contributed by atoms with Crippen molar-refractivity contribution in [2.75, 3.05) is 25.7 Å². The van der Waals surface area contributed by atoms with E-state index in [1.165, 1.54) is 22.6 Å². The van der Waals surface area contributed by atoms with Crippen LogP contribution in [0.3, 0.4) is 0 Å². The molecule has 0 saturated carbocycles. The second kappa shape index (κ2) is 5.19. The van der Waals surface area contributed by atoms with Crippen molar-refractivity contribution in [1.82, 2.24) is 9.29 Å². The molecule has 1 aliphatic heterocycles. The van der Waals surface area contributed by atoms with Crippen molar-refractivity contribution in [2.24, 2.45) is 5.84 Å². The molecule has 100 valence electrons. The molecule has 1 atom stereocenters. The molecule has 1 aromatic heterocycles. The number of likely N-dealkylation sites (N-methyl/N-ethyl adjacent to an activating group) is 1. The third-order valence-electron chi connectivity index (χ3n) is 2.98. The predicted octanol–water partition coefficient (Wildman–Crippen LogP) is -0.223. The monoisotopic (exact) mass is 272 g/mol. The zero-order valence-electron chi connectivity index (χ0n) is 10.0. The van der Waals surface area contributed by atoms with Gasteiger partial charge in [0.25, 0.3) is 0 Å². The van der Waals surface area contributed by atoms with E-state index in [2.05, 4.69) is 10.4 Å². The van der Waals surface area contributed by atoms with Crippen molar-refractivity contribution in [2.45, 2.75) is 17.4 Å². The average Bonchev–Trinajstić information content (AvgIpc) is 2.91. The maximum atomic E-state index is 12.4. The Balaban J connectivity index is 2.28. The average molecular weight is 272 g/mol. The Bertz CT molecular complexity index is 514. The van der Waals surface area contributed by atoms with Crippen LogP contribution in [-0.4, -0.2) is 44.0 Å². The zero-order chi connectivity index (χ0) is 13.2. The van der Waals surface area contributed by atoms with Gasteiger partial charge in [-0.1, -0.05) is 0 Å². The summed E-state index contributed by atoms with van der Waals surface area (Å²) in [4.78, 5) is 4.05. The summed E-state index contributed by atoms with van der Waals surface area (Å²) < 4.78 is 31.3. The number of aromatic nitrogens is 1. The van der Waals surface area contributed by atoms with Gasteiger partial charge in [0.15, 0.2) is 0 Å². The maximum Gasteiger partial charge on any atom is 0.243 e. The van der Waals surface area contributed by atoms with E-state index in [4.69, 9.17) is 10.6 Å². The minimum Gasteiger partial charge on any atom is -0.380 e. The number of rotatable bonds is 4. The van der Waals surface area contributed by atoms with Crippen LogP contribution in [0, 0.1) is 0 Å². The van der Waals surface area contributed by atoms with Gasteiger partial charge in [-0.3, -0.25) is 0 Å². The number of ether oxygens (including phenoxy) is 1. The van der Waals surface area contributed by atoms with Crippen LogP contribution in [0.2, 0.25) is 0 Å². The summed E-state index contributed by atoms with van der Waals surface area (Å²) in [6.45, 7) is 1.03. The molecule has 8 heteroatoms. The van der Waals surface area contributed by atoms with Crippen molar-refractivity contribution in [3.05, 3.63) is 18.3 Å². The van der Waals surface area contributed by atoms with E-state index in [1.807, 2.05) is 0 Å². The first-order valence-electron chi connectivity index (χ1n) is 5.54. The van der Waals surface area contributed by atoms with E-state index in [9.17, 15) is 8.42 Å². The third kappa shape index (κ3) is 2.46. The van der Waals surface area contributed by atoms with E-state index in [-0.39, 0.29) is 10.9 Å². The highest BCUT2D eigenvalue weighted by atomic mass is 32.2. The quantitative estimate of drug-likeness (QED) is 0.581. The lowest BCUT2D eigenvalue weighted by Crippen LogP contribution is -2.37. The first-order chi connectivity index (χ1) is 8.55. The Morgan fingerprint density at radius 3 is 3.00 bits per heavy atom. The highest BCUT2D eigenvalue weighted by Crippen LogP contribution is 2.21. The molecule has 0 radical (unpaired) electrons. The number of nitrogen functional groups attached to an aromatic ring is 1. The van der Waals surface area contributed by atoms with Gasteiger partial charge in [0.1, 0.15) is 5.82 Å². The first-order valence-corrected chi connectivity index (χ1v) is 6.98. The molecule has 1 aromatic rings. The van der Waals surface area contributed by atoms with E-state index in [0.717, 1.165) is 0 Å². The van der Waals surface area contributed by atoms with Gasteiger partial charge >= 0.3 is 0 Å². The molecule has 2 rings (SSSR count). The molecular weight excluding hydrogens is 256 g/mol. The molecule has 1 unspecified atom stereocenters. The molecular formula is C10H16N4O3S. The van der Waals surface area contributed by atoms with Crippen LogP contribution < -0.4 is 11.3 Å². The van der Waals surface area contributed by atoms with Gasteiger partial charge in [-0.05, 0) is 12.5 Å². The van der Waals surface area contributed by atoms with Crippen molar-refractivity contribution in [3.8, 4) is 0 Å². The molecule has 7 nitrogen and oxygen atoms in total. The molecule has 1 saturated heterocycles. The highest BCUT2D eigenvalue weighted by molar-refractivity contribution is 7.89. The van der Waals surface area contributed by atoms with Gasteiger partial charge in [-0.15, -0.1) is 0 Å². The molecule has 2 heterocycles.